The van der Waals surface area contributed by atoms with Crippen LogP contribution in [0.4, 0.5) is 24.7 Å². The quantitative estimate of drug-likeness (QED) is 0.682. The van der Waals surface area contributed by atoms with E-state index >= 15 is 0 Å². The minimum atomic E-state index is -4.50. The first-order valence-corrected chi connectivity index (χ1v) is 9.85. The van der Waals surface area contributed by atoms with Crippen molar-refractivity contribution in [2.24, 2.45) is 13.0 Å². The van der Waals surface area contributed by atoms with Gasteiger partial charge in [-0.1, -0.05) is 12.1 Å². The van der Waals surface area contributed by atoms with Gasteiger partial charge in [0.25, 0.3) is 0 Å². The molecule has 3 heterocycles. The SMILES string of the molecule is Cn1cnnc1-c1cccc(NC(=O)C2CCCN(c3ncccc3C(F)(F)F)C2)c1. The number of nitrogens with zero attached hydrogens (tertiary/aromatic N) is 5. The molecule has 0 saturated carbocycles. The molecule has 1 fully saturated rings. The number of aryl methyl sites for hydroxylation is 1. The number of carbonyl (C=O) groups is 1. The van der Waals surface area contributed by atoms with Gasteiger partial charge in [-0.05, 0) is 37.1 Å². The number of nitrogens with one attached hydrogen (secondary N) is 1. The summed E-state index contributed by atoms with van der Waals surface area (Å²) in [5.41, 5.74) is 0.607. The molecule has 1 amide bonds. The second-order valence-corrected chi connectivity index (χ2v) is 7.49. The van der Waals surface area contributed by atoms with Crippen molar-refractivity contribution >= 4 is 17.4 Å². The molecular formula is C21H21F3N6O. The standard InChI is InChI=1S/C21H21F3N6O/c1-29-13-26-28-18(29)14-5-2-7-16(11-14)27-20(31)15-6-4-10-30(12-15)19-17(21(22,23)24)8-3-9-25-19/h2-3,5,7-9,11,13,15H,4,6,10,12H2,1H3,(H,27,31). The van der Waals surface area contributed by atoms with E-state index in [1.54, 1.807) is 34.0 Å². The Balaban J connectivity index is 1.49. The lowest BCUT2D eigenvalue weighted by Gasteiger charge is -2.34. The summed E-state index contributed by atoms with van der Waals surface area (Å²) < 4.78 is 41.9. The van der Waals surface area contributed by atoms with E-state index in [0.29, 0.717) is 30.9 Å². The van der Waals surface area contributed by atoms with Crippen LogP contribution in [0.5, 0.6) is 0 Å². The van der Waals surface area contributed by atoms with Crippen LogP contribution < -0.4 is 10.2 Å². The Hall–Kier alpha value is -3.43. The summed E-state index contributed by atoms with van der Waals surface area (Å²) in [6.07, 6.45) is -0.375. The molecule has 162 valence electrons. The smallest absolute Gasteiger partial charge is 0.355 e. The molecule has 1 unspecified atom stereocenters. The number of anilines is 2. The van der Waals surface area contributed by atoms with Crippen molar-refractivity contribution in [1.29, 1.82) is 0 Å². The highest BCUT2D eigenvalue weighted by atomic mass is 19.4. The van der Waals surface area contributed by atoms with Gasteiger partial charge in [0.05, 0.1) is 11.5 Å². The second-order valence-electron chi connectivity index (χ2n) is 7.49. The van der Waals surface area contributed by atoms with Gasteiger partial charge in [-0.25, -0.2) is 4.98 Å². The molecule has 31 heavy (non-hydrogen) atoms. The number of aromatic nitrogens is 4. The largest absolute Gasteiger partial charge is 0.419 e. The fraction of sp³-hybridized carbons (Fsp3) is 0.333. The van der Waals surface area contributed by atoms with Gasteiger partial charge >= 0.3 is 6.18 Å². The maximum atomic E-state index is 13.4. The third-order valence-corrected chi connectivity index (χ3v) is 5.28. The Labute approximate surface area is 176 Å². The molecule has 10 heteroatoms. The second kappa shape index (κ2) is 8.37. The van der Waals surface area contributed by atoms with Crippen molar-refractivity contribution in [3.8, 4) is 11.4 Å². The Kier molecular flexibility index (Phi) is 5.62. The van der Waals surface area contributed by atoms with E-state index in [0.717, 1.165) is 11.6 Å². The van der Waals surface area contributed by atoms with Gasteiger partial charge in [0.15, 0.2) is 5.82 Å². The van der Waals surface area contributed by atoms with Gasteiger partial charge in [0.2, 0.25) is 5.91 Å². The Morgan fingerprint density at radius 2 is 2.06 bits per heavy atom. The van der Waals surface area contributed by atoms with Crippen molar-refractivity contribution < 1.29 is 18.0 Å². The number of hydrogen-bond acceptors (Lipinski definition) is 5. The molecule has 0 aliphatic carbocycles. The van der Waals surface area contributed by atoms with E-state index in [9.17, 15) is 18.0 Å². The fourth-order valence-corrected chi connectivity index (χ4v) is 3.78. The number of hydrogen-bond donors (Lipinski definition) is 1. The third-order valence-electron chi connectivity index (χ3n) is 5.28. The zero-order valence-electron chi connectivity index (χ0n) is 16.8. The number of alkyl halides is 3. The summed E-state index contributed by atoms with van der Waals surface area (Å²) in [7, 11) is 1.82. The average Bonchev–Trinajstić information content (AvgIpc) is 3.19. The molecule has 1 aromatic carbocycles. The molecule has 0 spiro atoms. The van der Waals surface area contributed by atoms with Crippen LogP contribution in [-0.2, 0) is 18.0 Å². The summed E-state index contributed by atoms with van der Waals surface area (Å²) in [6, 6.07) is 9.51. The monoisotopic (exact) mass is 430 g/mol. The zero-order valence-corrected chi connectivity index (χ0v) is 16.8. The highest BCUT2D eigenvalue weighted by molar-refractivity contribution is 5.93. The van der Waals surface area contributed by atoms with E-state index in [1.807, 2.05) is 13.1 Å². The predicted octanol–water partition coefficient (Wildman–Crippen LogP) is 3.75. The topological polar surface area (TPSA) is 75.9 Å². The van der Waals surface area contributed by atoms with E-state index in [2.05, 4.69) is 20.5 Å². The normalized spacial score (nSPS) is 16.9. The highest BCUT2D eigenvalue weighted by Crippen LogP contribution is 2.36. The molecule has 1 atom stereocenters. The molecule has 0 bridgehead atoms. The minimum absolute atomic E-state index is 0.128. The van der Waals surface area contributed by atoms with E-state index in [1.165, 1.54) is 12.3 Å². The minimum Gasteiger partial charge on any atom is -0.355 e. The maximum absolute atomic E-state index is 13.4. The first-order chi connectivity index (χ1) is 14.8. The van der Waals surface area contributed by atoms with Crippen molar-refractivity contribution in [2.75, 3.05) is 23.3 Å². The van der Waals surface area contributed by atoms with Crippen LogP contribution >= 0.6 is 0 Å². The van der Waals surface area contributed by atoms with Gasteiger partial charge in [0.1, 0.15) is 12.1 Å². The number of halogens is 3. The van der Waals surface area contributed by atoms with E-state index < -0.39 is 17.7 Å². The lowest BCUT2D eigenvalue weighted by atomic mass is 9.96. The summed E-state index contributed by atoms with van der Waals surface area (Å²) in [5.74, 6) is -0.147. The first-order valence-electron chi connectivity index (χ1n) is 9.85. The first kappa shape index (κ1) is 20.8. The number of pyridine rings is 1. The number of rotatable bonds is 4. The van der Waals surface area contributed by atoms with Crippen molar-refractivity contribution in [3.05, 3.63) is 54.5 Å². The third kappa shape index (κ3) is 4.52. The summed E-state index contributed by atoms with van der Waals surface area (Å²) in [4.78, 5) is 18.4. The van der Waals surface area contributed by atoms with E-state index in [-0.39, 0.29) is 18.3 Å². The maximum Gasteiger partial charge on any atom is 0.419 e. The molecule has 3 aromatic rings. The van der Waals surface area contributed by atoms with Crippen molar-refractivity contribution in [1.82, 2.24) is 19.7 Å². The number of piperidine rings is 1. The van der Waals surface area contributed by atoms with Crippen LogP contribution in [0.15, 0.2) is 48.9 Å². The molecule has 4 rings (SSSR count). The summed E-state index contributed by atoms with van der Waals surface area (Å²) in [6.45, 7) is 0.598. The number of benzene rings is 1. The Morgan fingerprint density at radius 1 is 1.23 bits per heavy atom. The van der Waals surface area contributed by atoms with Crippen LogP contribution in [-0.4, -0.2) is 38.7 Å². The summed E-state index contributed by atoms with van der Waals surface area (Å²) >= 11 is 0. The molecule has 1 aliphatic heterocycles. The molecule has 2 aromatic heterocycles. The zero-order chi connectivity index (χ0) is 22.0. The number of carbonyl (C=O) groups excluding carboxylic acids is 1. The summed E-state index contributed by atoms with van der Waals surface area (Å²) in [5, 5.41) is 10.8. The van der Waals surface area contributed by atoms with Crippen molar-refractivity contribution in [2.45, 2.75) is 19.0 Å². The van der Waals surface area contributed by atoms with Gasteiger partial charge in [-0.3, -0.25) is 4.79 Å². The molecule has 0 radical (unpaired) electrons. The Bertz CT molecular complexity index is 1080. The average molecular weight is 430 g/mol. The lowest BCUT2D eigenvalue weighted by molar-refractivity contribution is -0.137. The van der Waals surface area contributed by atoms with Crippen LogP contribution in [0.3, 0.4) is 0 Å². The molecule has 7 nitrogen and oxygen atoms in total. The fourth-order valence-electron chi connectivity index (χ4n) is 3.78. The van der Waals surface area contributed by atoms with Crippen LogP contribution in [0.1, 0.15) is 18.4 Å². The van der Waals surface area contributed by atoms with E-state index in [4.69, 9.17) is 0 Å². The number of amides is 1. The molecular weight excluding hydrogens is 409 g/mol. The van der Waals surface area contributed by atoms with Crippen LogP contribution in [0, 0.1) is 5.92 Å². The highest BCUT2D eigenvalue weighted by Gasteiger charge is 2.37. The van der Waals surface area contributed by atoms with Crippen LogP contribution in [0.25, 0.3) is 11.4 Å². The van der Waals surface area contributed by atoms with Crippen molar-refractivity contribution in [3.63, 3.8) is 0 Å². The van der Waals surface area contributed by atoms with Gasteiger partial charge in [0, 0.05) is 37.6 Å². The molecule has 1 N–H and O–H groups in total. The van der Waals surface area contributed by atoms with Crippen LogP contribution in [0.2, 0.25) is 0 Å². The van der Waals surface area contributed by atoms with Gasteiger partial charge in [-0.2, -0.15) is 13.2 Å². The predicted molar refractivity (Wildman–Crippen MR) is 109 cm³/mol. The van der Waals surface area contributed by atoms with Gasteiger partial charge in [-0.15, -0.1) is 10.2 Å². The van der Waals surface area contributed by atoms with Gasteiger partial charge < -0.3 is 14.8 Å². The molecule has 1 saturated heterocycles. The Morgan fingerprint density at radius 3 is 2.81 bits per heavy atom. The molecule has 1 aliphatic rings. The lowest BCUT2D eigenvalue weighted by Crippen LogP contribution is -2.42.